The average Bonchev–Trinajstić information content (AvgIpc) is 3.25. The lowest BCUT2D eigenvalue weighted by molar-refractivity contribution is -0.115. The van der Waals surface area contributed by atoms with Gasteiger partial charge in [-0.3, -0.25) is 4.79 Å². The standard InChI is InChI=1S/C18H11Cl2N3O2S/c19-10-5-6-13(20)12(7-10)15-9-26-18(21-15)22-17(24)8-14-11-3-1-2-4-16(11)25-23-14/h1-7,9H,8H2,(H,21,22,24). The molecule has 26 heavy (non-hydrogen) atoms. The normalized spacial score (nSPS) is 11.0. The van der Waals surface area contributed by atoms with E-state index in [4.69, 9.17) is 27.7 Å². The first-order chi connectivity index (χ1) is 12.6. The maximum Gasteiger partial charge on any atom is 0.232 e. The molecular weight excluding hydrogens is 393 g/mol. The van der Waals surface area contributed by atoms with E-state index in [0.717, 1.165) is 10.9 Å². The summed E-state index contributed by atoms with van der Waals surface area (Å²) in [6.45, 7) is 0. The molecule has 1 N–H and O–H groups in total. The maximum absolute atomic E-state index is 12.3. The van der Waals surface area contributed by atoms with Gasteiger partial charge in [0.2, 0.25) is 5.91 Å². The first-order valence-electron chi connectivity index (χ1n) is 7.64. The lowest BCUT2D eigenvalue weighted by atomic mass is 10.2. The summed E-state index contributed by atoms with van der Waals surface area (Å²) in [6, 6.07) is 12.6. The highest BCUT2D eigenvalue weighted by Gasteiger charge is 2.14. The van der Waals surface area contributed by atoms with Gasteiger partial charge in [-0.15, -0.1) is 11.3 Å². The van der Waals surface area contributed by atoms with Crippen LogP contribution in [0.15, 0.2) is 52.4 Å². The monoisotopic (exact) mass is 403 g/mol. The van der Waals surface area contributed by atoms with Crippen molar-refractivity contribution in [1.29, 1.82) is 0 Å². The molecule has 0 fully saturated rings. The van der Waals surface area contributed by atoms with Gasteiger partial charge in [-0.1, -0.05) is 40.5 Å². The number of para-hydroxylation sites is 1. The van der Waals surface area contributed by atoms with Crippen LogP contribution in [0.1, 0.15) is 5.69 Å². The van der Waals surface area contributed by atoms with Gasteiger partial charge in [0.1, 0.15) is 5.69 Å². The van der Waals surface area contributed by atoms with Crippen LogP contribution >= 0.6 is 34.5 Å². The predicted octanol–water partition coefficient (Wildman–Crippen LogP) is 5.44. The molecule has 2 aromatic carbocycles. The quantitative estimate of drug-likeness (QED) is 0.492. The van der Waals surface area contributed by atoms with Crippen molar-refractivity contribution in [1.82, 2.24) is 10.1 Å². The number of benzene rings is 2. The van der Waals surface area contributed by atoms with Crippen molar-refractivity contribution in [3.05, 3.63) is 63.6 Å². The lowest BCUT2D eigenvalue weighted by Gasteiger charge is -2.02. The number of anilines is 1. The van der Waals surface area contributed by atoms with Crippen LogP contribution in [0.5, 0.6) is 0 Å². The largest absolute Gasteiger partial charge is 0.356 e. The van der Waals surface area contributed by atoms with E-state index in [1.165, 1.54) is 11.3 Å². The van der Waals surface area contributed by atoms with Crippen LogP contribution < -0.4 is 5.32 Å². The Morgan fingerprint density at radius 1 is 1.19 bits per heavy atom. The Hall–Kier alpha value is -2.41. The van der Waals surface area contributed by atoms with Crippen molar-refractivity contribution in [3.63, 3.8) is 0 Å². The van der Waals surface area contributed by atoms with E-state index >= 15 is 0 Å². The number of hydrogen-bond acceptors (Lipinski definition) is 5. The van der Waals surface area contributed by atoms with Crippen LogP contribution in [0, 0.1) is 0 Å². The smallest absolute Gasteiger partial charge is 0.232 e. The van der Waals surface area contributed by atoms with Gasteiger partial charge in [-0.2, -0.15) is 0 Å². The summed E-state index contributed by atoms with van der Waals surface area (Å²) in [6.07, 6.45) is 0.101. The fourth-order valence-electron chi connectivity index (χ4n) is 2.53. The van der Waals surface area contributed by atoms with Gasteiger partial charge in [0.25, 0.3) is 0 Å². The second-order valence-corrected chi connectivity index (χ2v) is 7.21. The highest BCUT2D eigenvalue weighted by Crippen LogP contribution is 2.32. The number of fused-ring (bicyclic) bond motifs is 1. The van der Waals surface area contributed by atoms with Crippen molar-refractivity contribution >= 4 is 56.5 Å². The number of thiazole rings is 1. The molecule has 0 saturated heterocycles. The molecule has 0 saturated carbocycles. The zero-order valence-corrected chi connectivity index (χ0v) is 15.5. The minimum Gasteiger partial charge on any atom is -0.356 e. The molecule has 4 aromatic rings. The van der Waals surface area contributed by atoms with Gasteiger partial charge in [0, 0.05) is 21.4 Å². The molecule has 8 heteroatoms. The van der Waals surface area contributed by atoms with E-state index in [2.05, 4.69) is 15.5 Å². The number of carbonyl (C=O) groups is 1. The molecule has 2 heterocycles. The Labute approximate surface area is 162 Å². The van der Waals surface area contributed by atoms with Crippen molar-refractivity contribution in [2.45, 2.75) is 6.42 Å². The van der Waals surface area contributed by atoms with Crippen molar-refractivity contribution in [2.24, 2.45) is 0 Å². The number of rotatable bonds is 4. The van der Waals surface area contributed by atoms with Crippen LogP contribution in [-0.4, -0.2) is 16.0 Å². The molecule has 0 spiro atoms. The Balaban J connectivity index is 1.50. The van der Waals surface area contributed by atoms with E-state index < -0.39 is 0 Å². The summed E-state index contributed by atoms with van der Waals surface area (Å²) in [5, 5.41) is 11.0. The van der Waals surface area contributed by atoms with Crippen LogP contribution in [0.2, 0.25) is 10.0 Å². The molecule has 0 aliphatic heterocycles. The van der Waals surface area contributed by atoms with Crippen molar-refractivity contribution < 1.29 is 9.32 Å². The Morgan fingerprint density at radius 3 is 2.92 bits per heavy atom. The molecule has 0 radical (unpaired) electrons. The maximum atomic E-state index is 12.3. The Bertz CT molecular complexity index is 1110. The van der Waals surface area contributed by atoms with E-state index in [-0.39, 0.29) is 12.3 Å². The van der Waals surface area contributed by atoms with Gasteiger partial charge < -0.3 is 9.84 Å². The first kappa shape index (κ1) is 17.0. The van der Waals surface area contributed by atoms with Gasteiger partial charge in [0.15, 0.2) is 10.7 Å². The van der Waals surface area contributed by atoms with Gasteiger partial charge in [-0.25, -0.2) is 4.98 Å². The third kappa shape index (κ3) is 3.44. The lowest BCUT2D eigenvalue weighted by Crippen LogP contribution is -2.14. The number of aromatic nitrogens is 2. The number of hydrogen-bond donors (Lipinski definition) is 1. The minimum atomic E-state index is -0.220. The van der Waals surface area contributed by atoms with Crippen molar-refractivity contribution in [2.75, 3.05) is 5.32 Å². The third-order valence-corrected chi connectivity index (χ3v) is 5.06. The Morgan fingerprint density at radius 2 is 2.04 bits per heavy atom. The molecule has 5 nitrogen and oxygen atoms in total. The molecule has 0 bridgehead atoms. The van der Waals surface area contributed by atoms with E-state index in [1.807, 2.05) is 29.6 Å². The summed E-state index contributed by atoms with van der Waals surface area (Å²) in [7, 11) is 0. The van der Waals surface area contributed by atoms with Crippen LogP contribution in [0.3, 0.4) is 0 Å². The molecule has 0 aliphatic carbocycles. The molecule has 4 rings (SSSR count). The molecular formula is C18H11Cl2N3O2S. The summed E-state index contributed by atoms with van der Waals surface area (Å²) >= 11 is 13.5. The minimum absolute atomic E-state index is 0.101. The molecule has 2 aromatic heterocycles. The van der Waals surface area contributed by atoms with Gasteiger partial charge in [0.05, 0.1) is 17.1 Å². The fraction of sp³-hybridized carbons (Fsp3) is 0.0556. The van der Waals surface area contributed by atoms with E-state index in [9.17, 15) is 4.79 Å². The number of amides is 1. The highest BCUT2D eigenvalue weighted by atomic mass is 35.5. The summed E-state index contributed by atoms with van der Waals surface area (Å²) in [4.78, 5) is 16.7. The van der Waals surface area contributed by atoms with E-state index in [1.54, 1.807) is 18.2 Å². The SMILES string of the molecule is O=C(Cc1noc2ccccc12)Nc1nc(-c2cc(Cl)ccc2Cl)cs1. The summed E-state index contributed by atoms with van der Waals surface area (Å²) < 4.78 is 5.22. The first-order valence-corrected chi connectivity index (χ1v) is 9.28. The summed E-state index contributed by atoms with van der Waals surface area (Å²) in [5.74, 6) is -0.220. The summed E-state index contributed by atoms with van der Waals surface area (Å²) in [5.41, 5.74) is 2.62. The predicted molar refractivity (Wildman–Crippen MR) is 104 cm³/mol. The Kier molecular flexibility index (Phi) is 4.63. The number of nitrogens with one attached hydrogen (secondary N) is 1. The molecule has 1 amide bonds. The number of carbonyl (C=O) groups excluding carboxylic acids is 1. The average molecular weight is 404 g/mol. The second-order valence-electron chi connectivity index (χ2n) is 5.51. The molecule has 0 unspecified atom stereocenters. The van der Waals surface area contributed by atoms with Crippen LogP contribution in [0.25, 0.3) is 22.2 Å². The number of nitrogens with zero attached hydrogens (tertiary/aromatic N) is 2. The van der Waals surface area contributed by atoms with Crippen molar-refractivity contribution in [3.8, 4) is 11.3 Å². The highest BCUT2D eigenvalue weighted by molar-refractivity contribution is 7.14. The number of halogens is 2. The van der Waals surface area contributed by atoms with Gasteiger partial charge >= 0.3 is 0 Å². The zero-order valence-electron chi connectivity index (χ0n) is 13.2. The second kappa shape index (κ2) is 7.07. The fourth-order valence-corrected chi connectivity index (χ4v) is 3.64. The van der Waals surface area contributed by atoms with E-state index in [0.29, 0.717) is 32.1 Å². The third-order valence-electron chi connectivity index (χ3n) is 3.74. The molecule has 0 aliphatic rings. The zero-order chi connectivity index (χ0) is 18.1. The van der Waals surface area contributed by atoms with Crippen LogP contribution in [0.4, 0.5) is 5.13 Å². The topological polar surface area (TPSA) is 68.0 Å². The van der Waals surface area contributed by atoms with Gasteiger partial charge in [-0.05, 0) is 30.3 Å². The molecule has 130 valence electrons. The molecule has 0 atom stereocenters. The van der Waals surface area contributed by atoms with Crippen LogP contribution in [-0.2, 0) is 11.2 Å².